The summed E-state index contributed by atoms with van der Waals surface area (Å²) in [5, 5.41) is 0. The Morgan fingerprint density at radius 1 is 1.27 bits per heavy atom. The van der Waals surface area contributed by atoms with Gasteiger partial charge in [-0.3, -0.25) is 0 Å². The van der Waals surface area contributed by atoms with Crippen molar-refractivity contribution in [1.29, 1.82) is 0 Å². The zero-order valence-electron chi connectivity index (χ0n) is 9.33. The van der Waals surface area contributed by atoms with Gasteiger partial charge in [0.2, 0.25) is 0 Å². The fraction of sp³-hybridized carbons (Fsp3) is 0.538. The lowest BCUT2D eigenvalue weighted by Crippen LogP contribution is -2.06. The molecule has 15 heavy (non-hydrogen) atoms. The number of benzene rings is 1. The Hall–Kier alpha value is -0.890. The van der Waals surface area contributed by atoms with Crippen LogP contribution in [0.3, 0.4) is 0 Å². The van der Waals surface area contributed by atoms with Crippen molar-refractivity contribution in [3.63, 3.8) is 0 Å². The highest BCUT2D eigenvalue weighted by atomic mass is 19.1. The summed E-state index contributed by atoms with van der Waals surface area (Å²) >= 11 is 0. The van der Waals surface area contributed by atoms with Crippen molar-refractivity contribution >= 4 is 0 Å². The van der Waals surface area contributed by atoms with Crippen molar-refractivity contribution in [3.05, 3.63) is 35.6 Å². The molecule has 2 N–H and O–H groups in total. The Bertz CT molecular complexity index is 342. The summed E-state index contributed by atoms with van der Waals surface area (Å²) in [5.41, 5.74) is 7.48. The van der Waals surface area contributed by atoms with Crippen LogP contribution in [0.5, 0.6) is 0 Å². The lowest BCUT2D eigenvalue weighted by atomic mass is 10.0. The zero-order chi connectivity index (χ0) is 11.1. The van der Waals surface area contributed by atoms with Crippen molar-refractivity contribution in [3.8, 4) is 0 Å². The number of rotatable bonds is 3. The molecular formula is C13H18FN. The lowest BCUT2D eigenvalue weighted by molar-refractivity contribution is 0.530. The SMILES string of the molecule is CC1(C)[C@H](N)[C@H]1CCc1ccc(F)cc1. The fourth-order valence-electron chi connectivity index (χ4n) is 2.31. The summed E-state index contributed by atoms with van der Waals surface area (Å²) in [6, 6.07) is 7.10. The van der Waals surface area contributed by atoms with Gasteiger partial charge in [0.05, 0.1) is 0 Å². The highest BCUT2D eigenvalue weighted by molar-refractivity contribution is 5.17. The van der Waals surface area contributed by atoms with E-state index in [1.807, 2.05) is 12.1 Å². The lowest BCUT2D eigenvalue weighted by Gasteiger charge is -2.02. The van der Waals surface area contributed by atoms with E-state index < -0.39 is 0 Å². The molecule has 0 radical (unpaired) electrons. The second-order valence-corrected chi connectivity index (χ2v) is 5.12. The molecule has 1 aromatic carbocycles. The molecule has 0 aromatic heterocycles. The van der Waals surface area contributed by atoms with Gasteiger partial charge in [-0.25, -0.2) is 4.39 Å². The molecule has 0 unspecified atom stereocenters. The topological polar surface area (TPSA) is 26.0 Å². The van der Waals surface area contributed by atoms with E-state index in [1.54, 1.807) is 0 Å². The Balaban J connectivity index is 1.87. The molecule has 1 aliphatic rings. The largest absolute Gasteiger partial charge is 0.327 e. The normalized spacial score (nSPS) is 27.7. The van der Waals surface area contributed by atoms with E-state index in [2.05, 4.69) is 13.8 Å². The zero-order valence-corrected chi connectivity index (χ0v) is 9.33. The maximum absolute atomic E-state index is 12.7. The molecule has 82 valence electrons. The average molecular weight is 207 g/mol. The number of nitrogens with two attached hydrogens (primary N) is 1. The highest BCUT2D eigenvalue weighted by Gasteiger charge is 2.54. The molecule has 2 atom stereocenters. The Labute approximate surface area is 90.5 Å². The van der Waals surface area contributed by atoms with Gasteiger partial charge in [0, 0.05) is 6.04 Å². The summed E-state index contributed by atoms with van der Waals surface area (Å²) < 4.78 is 12.7. The molecular weight excluding hydrogens is 189 g/mol. The van der Waals surface area contributed by atoms with Crippen LogP contribution in [0.4, 0.5) is 4.39 Å². The summed E-state index contributed by atoms with van der Waals surface area (Å²) in [7, 11) is 0. The first-order valence-electron chi connectivity index (χ1n) is 5.52. The molecule has 0 heterocycles. The molecule has 0 amide bonds. The molecule has 1 aliphatic carbocycles. The Morgan fingerprint density at radius 2 is 1.80 bits per heavy atom. The van der Waals surface area contributed by atoms with E-state index in [4.69, 9.17) is 5.73 Å². The van der Waals surface area contributed by atoms with Crippen LogP contribution in [0.1, 0.15) is 25.8 Å². The predicted molar refractivity (Wildman–Crippen MR) is 60.0 cm³/mol. The molecule has 1 aromatic rings. The van der Waals surface area contributed by atoms with E-state index in [-0.39, 0.29) is 5.82 Å². The molecule has 1 fully saturated rings. The van der Waals surface area contributed by atoms with Gasteiger partial charge in [0.25, 0.3) is 0 Å². The number of hydrogen-bond donors (Lipinski definition) is 1. The van der Waals surface area contributed by atoms with Gasteiger partial charge in [0.15, 0.2) is 0 Å². The van der Waals surface area contributed by atoms with Crippen LogP contribution in [-0.4, -0.2) is 6.04 Å². The monoisotopic (exact) mass is 207 g/mol. The fourth-order valence-corrected chi connectivity index (χ4v) is 2.31. The third-order valence-corrected chi connectivity index (χ3v) is 3.80. The third-order valence-electron chi connectivity index (χ3n) is 3.80. The van der Waals surface area contributed by atoms with Crippen LogP contribution < -0.4 is 5.73 Å². The van der Waals surface area contributed by atoms with Crippen LogP contribution in [0.15, 0.2) is 24.3 Å². The smallest absolute Gasteiger partial charge is 0.123 e. The van der Waals surface area contributed by atoms with Gasteiger partial charge in [-0.2, -0.15) is 0 Å². The van der Waals surface area contributed by atoms with Crippen LogP contribution >= 0.6 is 0 Å². The molecule has 2 heteroatoms. The first-order valence-corrected chi connectivity index (χ1v) is 5.52. The van der Waals surface area contributed by atoms with Crippen LogP contribution in [0.25, 0.3) is 0 Å². The molecule has 0 saturated heterocycles. The summed E-state index contributed by atoms with van der Waals surface area (Å²) in [6.45, 7) is 4.43. The van der Waals surface area contributed by atoms with Gasteiger partial charge in [0.1, 0.15) is 5.82 Å². The van der Waals surface area contributed by atoms with Crippen molar-refractivity contribution in [1.82, 2.24) is 0 Å². The van der Waals surface area contributed by atoms with E-state index in [0.29, 0.717) is 17.4 Å². The van der Waals surface area contributed by atoms with Gasteiger partial charge in [-0.15, -0.1) is 0 Å². The minimum Gasteiger partial charge on any atom is -0.327 e. The first kappa shape index (κ1) is 10.6. The minimum absolute atomic E-state index is 0.165. The summed E-state index contributed by atoms with van der Waals surface area (Å²) in [4.78, 5) is 0. The third kappa shape index (κ3) is 2.05. The second-order valence-electron chi connectivity index (χ2n) is 5.12. The summed E-state index contributed by atoms with van der Waals surface area (Å²) in [6.07, 6.45) is 2.11. The predicted octanol–water partition coefficient (Wildman–Crippen LogP) is 2.74. The van der Waals surface area contributed by atoms with E-state index in [1.165, 1.54) is 17.7 Å². The van der Waals surface area contributed by atoms with Crippen LogP contribution in [0.2, 0.25) is 0 Å². The van der Waals surface area contributed by atoms with Gasteiger partial charge in [-0.05, 0) is 41.9 Å². The summed E-state index contributed by atoms with van der Waals surface area (Å²) in [5.74, 6) is 0.463. The Morgan fingerprint density at radius 3 is 2.27 bits per heavy atom. The quantitative estimate of drug-likeness (QED) is 0.810. The van der Waals surface area contributed by atoms with Crippen LogP contribution in [0, 0.1) is 17.2 Å². The minimum atomic E-state index is -0.165. The van der Waals surface area contributed by atoms with Gasteiger partial charge >= 0.3 is 0 Å². The van der Waals surface area contributed by atoms with Crippen molar-refractivity contribution in [2.24, 2.45) is 17.1 Å². The molecule has 0 aliphatic heterocycles. The average Bonchev–Trinajstić information content (AvgIpc) is 2.66. The molecule has 1 nitrogen and oxygen atoms in total. The second kappa shape index (κ2) is 3.60. The maximum Gasteiger partial charge on any atom is 0.123 e. The van der Waals surface area contributed by atoms with Gasteiger partial charge in [-0.1, -0.05) is 26.0 Å². The Kier molecular flexibility index (Phi) is 2.55. The standard InChI is InChI=1S/C13H18FN/c1-13(2)11(12(13)15)8-5-9-3-6-10(14)7-4-9/h3-4,6-7,11-12H,5,8,15H2,1-2H3/t11-,12-/m1/s1. The highest BCUT2D eigenvalue weighted by Crippen LogP contribution is 2.52. The number of hydrogen-bond acceptors (Lipinski definition) is 1. The van der Waals surface area contributed by atoms with E-state index in [0.717, 1.165) is 12.8 Å². The van der Waals surface area contributed by atoms with Crippen molar-refractivity contribution < 1.29 is 4.39 Å². The van der Waals surface area contributed by atoms with Gasteiger partial charge < -0.3 is 5.73 Å². The first-order chi connectivity index (χ1) is 7.01. The molecule has 0 spiro atoms. The van der Waals surface area contributed by atoms with Crippen molar-refractivity contribution in [2.45, 2.75) is 32.7 Å². The molecule has 1 saturated carbocycles. The molecule has 2 rings (SSSR count). The van der Waals surface area contributed by atoms with Crippen LogP contribution in [-0.2, 0) is 6.42 Å². The number of halogens is 1. The van der Waals surface area contributed by atoms with E-state index in [9.17, 15) is 4.39 Å². The number of aryl methyl sites for hydroxylation is 1. The van der Waals surface area contributed by atoms with Crippen molar-refractivity contribution in [2.75, 3.05) is 0 Å². The molecule has 0 bridgehead atoms. The maximum atomic E-state index is 12.7. The van der Waals surface area contributed by atoms with E-state index >= 15 is 0 Å².